The number of nitrogens with one attached hydrogen (secondary N) is 1. The van der Waals surface area contributed by atoms with Gasteiger partial charge in [0, 0.05) is 17.2 Å². The number of benzene rings is 1. The number of carbonyl (C=O) groups excluding carboxylic acids is 2. The summed E-state index contributed by atoms with van der Waals surface area (Å²) in [4.78, 5) is 23.4. The Kier molecular flexibility index (Phi) is 8.01. The summed E-state index contributed by atoms with van der Waals surface area (Å²) in [5.41, 5.74) is -1.03. The Bertz CT molecular complexity index is 672. The minimum absolute atomic E-state index is 0.177. The summed E-state index contributed by atoms with van der Waals surface area (Å²) in [6.45, 7) is 6.73. The summed E-state index contributed by atoms with van der Waals surface area (Å²) < 4.78 is 48.8. The van der Waals surface area contributed by atoms with Gasteiger partial charge in [0.05, 0.1) is 18.6 Å². The molecule has 0 heterocycles. The van der Waals surface area contributed by atoms with Crippen LogP contribution in [0.1, 0.15) is 38.8 Å². The third-order valence-corrected chi connectivity index (χ3v) is 4.55. The lowest BCUT2D eigenvalue weighted by Gasteiger charge is -2.21. The van der Waals surface area contributed by atoms with E-state index in [2.05, 4.69) is 10.1 Å². The number of methoxy groups -OCH3 is 1. The van der Waals surface area contributed by atoms with Crippen LogP contribution in [0.3, 0.4) is 0 Å². The van der Waals surface area contributed by atoms with E-state index < -0.39 is 35.3 Å². The van der Waals surface area contributed by atoms with Gasteiger partial charge in [0.15, 0.2) is 0 Å². The van der Waals surface area contributed by atoms with Gasteiger partial charge in [-0.05, 0) is 44.5 Å². The van der Waals surface area contributed by atoms with Gasteiger partial charge in [-0.1, -0.05) is 6.92 Å². The number of hydrogen-bond acceptors (Lipinski definition) is 5. The third kappa shape index (κ3) is 8.11. The highest BCUT2D eigenvalue weighted by Crippen LogP contribution is 2.33. The second kappa shape index (κ2) is 9.34. The predicted octanol–water partition coefficient (Wildman–Crippen LogP) is 5.09. The number of esters is 1. The predicted molar refractivity (Wildman–Crippen MR) is 98.6 cm³/mol. The quantitative estimate of drug-likeness (QED) is 0.665. The molecule has 0 saturated carbocycles. The molecule has 0 spiro atoms. The van der Waals surface area contributed by atoms with E-state index in [-0.39, 0.29) is 17.0 Å². The maximum absolute atomic E-state index is 13.0. The minimum Gasteiger partial charge on any atom is -0.469 e. The monoisotopic (exact) mass is 407 g/mol. The Morgan fingerprint density at radius 1 is 1.22 bits per heavy atom. The van der Waals surface area contributed by atoms with Gasteiger partial charge >= 0.3 is 18.2 Å². The number of rotatable bonds is 6. The number of amides is 1. The summed E-state index contributed by atoms with van der Waals surface area (Å²) >= 11 is 1.27. The lowest BCUT2D eigenvalue weighted by molar-refractivity contribution is -0.144. The molecule has 1 N–H and O–H groups in total. The van der Waals surface area contributed by atoms with Crippen LogP contribution in [0.4, 0.5) is 23.7 Å². The average molecular weight is 407 g/mol. The number of thioether (sulfide) groups is 1. The first kappa shape index (κ1) is 23.1. The fraction of sp³-hybridized carbons (Fsp3) is 0.556. The van der Waals surface area contributed by atoms with Crippen molar-refractivity contribution in [3.63, 3.8) is 0 Å². The summed E-state index contributed by atoms with van der Waals surface area (Å²) in [7, 11) is 1.28. The van der Waals surface area contributed by atoms with Gasteiger partial charge in [-0.3, -0.25) is 10.1 Å². The standard InChI is InChI=1S/C18H24F3NO4S/c1-11(15(23)25-5)9-27-10-12-8-13(18(19,20)21)6-7-14(12)22-16(24)26-17(2,3)4/h6-8,11H,9-10H2,1-5H3,(H,22,24). The van der Waals surface area contributed by atoms with E-state index in [4.69, 9.17) is 4.74 Å². The molecule has 0 aromatic heterocycles. The molecule has 0 fully saturated rings. The highest BCUT2D eigenvalue weighted by Gasteiger charge is 2.31. The molecule has 1 amide bonds. The van der Waals surface area contributed by atoms with Crippen LogP contribution in [-0.4, -0.2) is 30.5 Å². The van der Waals surface area contributed by atoms with Crippen LogP contribution in [0, 0.1) is 5.92 Å². The van der Waals surface area contributed by atoms with E-state index in [0.29, 0.717) is 5.75 Å². The van der Waals surface area contributed by atoms with E-state index in [0.717, 1.165) is 12.1 Å². The fourth-order valence-electron chi connectivity index (χ4n) is 2.04. The molecule has 1 unspecified atom stereocenters. The summed E-state index contributed by atoms with van der Waals surface area (Å²) in [5.74, 6) is -0.239. The number of ether oxygens (including phenoxy) is 2. The molecule has 27 heavy (non-hydrogen) atoms. The molecule has 1 aromatic rings. The topological polar surface area (TPSA) is 64.6 Å². The highest BCUT2D eigenvalue weighted by atomic mass is 32.2. The molecule has 0 aliphatic heterocycles. The molecule has 1 atom stereocenters. The van der Waals surface area contributed by atoms with Crippen molar-refractivity contribution in [2.24, 2.45) is 5.92 Å². The van der Waals surface area contributed by atoms with Crippen molar-refractivity contribution >= 4 is 29.5 Å². The number of anilines is 1. The Hall–Kier alpha value is -1.90. The molecule has 1 rings (SSSR count). The zero-order valence-corrected chi connectivity index (χ0v) is 16.7. The Morgan fingerprint density at radius 3 is 2.37 bits per heavy atom. The lowest BCUT2D eigenvalue weighted by atomic mass is 10.1. The van der Waals surface area contributed by atoms with Crippen LogP contribution in [0.5, 0.6) is 0 Å². The first-order chi connectivity index (χ1) is 12.3. The molecule has 5 nitrogen and oxygen atoms in total. The van der Waals surface area contributed by atoms with Crippen molar-refractivity contribution < 1.29 is 32.2 Å². The number of halogens is 3. The summed E-state index contributed by atoms with van der Waals surface area (Å²) in [6.07, 6.45) is -5.25. The molecule has 1 aromatic carbocycles. The minimum atomic E-state index is -4.50. The fourth-order valence-corrected chi connectivity index (χ4v) is 3.11. The zero-order valence-electron chi connectivity index (χ0n) is 15.9. The van der Waals surface area contributed by atoms with E-state index >= 15 is 0 Å². The summed E-state index contributed by atoms with van der Waals surface area (Å²) in [5, 5.41) is 2.48. The maximum atomic E-state index is 13.0. The molecular weight excluding hydrogens is 383 g/mol. The van der Waals surface area contributed by atoms with Crippen molar-refractivity contribution in [1.82, 2.24) is 0 Å². The van der Waals surface area contributed by atoms with Gasteiger partial charge in [0.2, 0.25) is 0 Å². The second-order valence-electron chi connectivity index (χ2n) is 6.94. The lowest BCUT2D eigenvalue weighted by Crippen LogP contribution is -2.27. The van der Waals surface area contributed by atoms with Crippen LogP contribution < -0.4 is 5.32 Å². The zero-order chi connectivity index (χ0) is 20.8. The molecular formula is C18H24F3NO4S. The van der Waals surface area contributed by atoms with Gasteiger partial charge in [-0.2, -0.15) is 24.9 Å². The first-order valence-electron chi connectivity index (χ1n) is 8.19. The van der Waals surface area contributed by atoms with Gasteiger partial charge in [-0.25, -0.2) is 4.79 Å². The Balaban J connectivity index is 2.95. The van der Waals surface area contributed by atoms with E-state index in [1.807, 2.05) is 0 Å². The summed E-state index contributed by atoms with van der Waals surface area (Å²) in [6, 6.07) is 3.09. The molecule has 0 bridgehead atoms. The van der Waals surface area contributed by atoms with Crippen molar-refractivity contribution in [2.75, 3.05) is 18.2 Å². The van der Waals surface area contributed by atoms with Crippen molar-refractivity contribution in [3.8, 4) is 0 Å². The van der Waals surface area contributed by atoms with Crippen molar-refractivity contribution in [3.05, 3.63) is 29.3 Å². The largest absolute Gasteiger partial charge is 0.469 e. The second-order valence-corrected chi connectivity index (χ2v) is 7.97. The SMILES string of the molecule is COC(=O)C(C)CSCc1cc(C(F)(F)F)ccc1NC(=O)OC(C)(C)C. The maximum Gasteiger partial charge on any atom is 0.416 e. The third-order valence-electron chi connectivity index (χ3n) is 3.30. The molecule has 0 aliphatic carbocycles. The van der Waals surface area contributed by atoms with Crippen LogP contribution in [0.2, 0.25) is 0 Å². The average Bonchev–Trinajstić information content (AvgIpc) is 2.52. The van der Waals surface area contributed by atoms with Crippen LogP contribution in [-0.2, 0) is 26.2 Å². The van der Waals surface area contributed by atoms with Gasteiger partial charge < -0.3 is 9.47 Å². The van der Waals surface area contributed by atoms with E-state index in [1.54, 1.807) is 27.7 Å². The van der Waals surface area contributed by atoms with E-state index in [9.17, 15) is 22.8 Å². The normalized spacial score (nSPS) is 13.0. The molecule has 152 valence electrons. The van der Waals surface area contributed by atoms with Gasteiger partial charge in [-0.15, -0.1) is 0 Å². The van der Waals surface area contributed by atoms with Crippen molar-refractivity contribution in [1.29, 1.82) is 0 Å². The molecule has 0 saturated heterocycles. The number of hydrogen-bond donors (Lipinski definition) is 1. The van der Waals surface area contributed by atoms with E-state index in [1.165, 1.54) is 24.9 Å². The van der Waals surface area contributed by atoms with Gasteiger partial charge in [0.1, 0.15) is 5.60 Å². The van der Waals surface area contributed by atoms with Crippen LogP contribution >= 0.6 is 11.8 Å². The molecule has 0 radical (unpaired) electrons. The molecule has 0 aliphatic rings. The Morgan fingerprint density at radius 2 is 1.85 bits per heavy atom. The van der Waals surface area contributed by atoms with Gasteiger partial charge in [0.25, 0.3) is 0 Å². The number of carbonyl (C=O) groups is 2. The van der Waals surface area contributed by atoms with Crippen molar-refractivity contribution in [2.45, 2.75) is 45.2 Å². The first-order valence-corrected chi connectivity index (χ1v) is 9.34. The van der Waals surface area contributed by atoms with Crippen LogP contribution in [0.15, 0.2) is 18.2 Å². The smallest absolute Gasteiger partial charge is 0.416 e. The molecule has 9 heteroatoms. The number of alkyl halides is 3. The highest BCUT2D eigenvalue weighted by molar-refractivity contribution is 7.98. The Labute approximate surface area is 161 Å². The van der Waals surface area contributed by atoms with Crippen LogP contribution in [0.25, 0.3) is 0 Å².